The van der Waals surface area contributed by atoms with Gasteiger partial charge in [0.1, 0.15) is 28.6 Å². The summed E-state index contributed by atoms with van der Waals surface area (Å²) in [6.07, 6.45) is 3.62. The first-order chi connectivity index (χ1) is 16.4. The number of hydrogen-bond acceptors (Lipinski definition) is 6. The zero-order chi connectivity index (χ0) is 25.5. The highest BCUT2D eigenvalue weighted by Gasteiger charge is 2.21. The fraction of sp³-hybridized carbons (Fsp3) is 0.333. The van der Waals surface area contributed by atoms with E-state index in [1.54, 1.807) is 20.0 Å². The Morgan fingerprint density at radius 1 is 1.31 bits per heavy atom. The summed E-state index contributed by atoms with van der Waals surface area (Å²) >= 11 is 0. The molecule has 3 N–H and O–H groups in total. The minimum absolute atomic E-state index is 0.107. The number of aromatic nitrogens is 4. The molecule has 0 aliphatic heterocycles. The van der Waals surface area contributed by atoms with Crippen molar-refractivity contribution in [3.63, 3.8) is 0 Å². The van der Waals surface area contributed by atoms with Crippen LogP contribution in [0.4, 0.5) is 11.6 Å². The van der Waals surface area contributed by atoms with Gasteiger partial charge in [0.25, 0.3) is 0 Å². The Labute approximate surface area is 191 Å². The largest absolute Gasteiger partial charge is 0.382 e. The van der Waals surface area contributed by atoms with Crippen LogP contribution >= 0.6 is 0 Å². The van der Waals surface area contributed by atoms with Crippen LogP contribution in [0.1, 0.15) is 61.7 Å². The van der Waals surface area contributed by atoms with E-state index in [1.807, 2.05) is 34.9 Å². The van der Waals surface area contributed by atoms with E-state index in [0.29, 0.717) is 5.82 Å². The maximum atomic E-state index is 12.5. The third-order valence-electron chi connectivity index (χ3n) is 5.11. The van der Waals surface area contributed by atoms with Gasteiger partial charge in [-0.15, -0.1) is 0 Å². The van der Waals surface area contributed by atoms with Crippen molar-refractivity contribution in [2.45, 2.75) is 52.3 Å². The van der Waals surface area contributed by atoms with E-state index in [4.69, 9.17) is 19.4 Å². The molecular formula is C24H28N6O2. The van der Waals surface area contributed by atoms with E-state index >= 15 is 0 Å². The summed E-state index contributed by atoms with van der Waals surface area (Å²) in [4.78, 5) is 21.6. The molecule has 8 heteroatoms. The second-order valence-corrected chi connectivity index (χ2v) is 8.63. The normalized spacial score (nSPS) is 13.7. The molecule has 0 aliphatic rings. The van der Waals surface area contributed by atoms with Crippen LogP contribution in [0, 0.1) is 0 Å². The SMILES string of the molecule is [2H]C([2H])([2H])C(C)(C)c1cc(NC(=O)Cc2ccc(-c3nc(C(C)C)n4ccnc(N)c34)cc2)no1. The summed E-state index contributed by atoms with van der Waals surface area (Å²) in [6.45, 7) is 4.96. The molecular weight excluding hydrogens is 404 g/mol. The Kier molecular flexibility index (Phi) is 4.55. The van der Waals surface area contributed by atoms with Gasteiger partial charge < -0.3 is 15.6 Å². The molecule has 0 radical (unpaired) electrons. The van der Waals surface area contributed by atoms with Gasteiger partial charge in [-0.3, -0.25) is 9.20 Å². The summed E-state index contributed by atoms with van der Waals surface area (Å²) in [5.41, 5.74) is 8.07. The van der Waals surface area contributed by atoms with Gasteiger partial charge in [0, 0.05) is 39.5 Å². The molecule has 0 fully saturated rings. The summed E-state index contributed by atoms with van der Waals surface area (Å²) < 4.78 is 30.2. The minimum Gasteiger partial charge on any atom is -0.382 e. The van der Waals surface area contributed by atoms with E-state index in [1.165, 1.54) is 6.07 Å². The Balaban J connectivity index is 1.50. The Bertz CT molecular complexity index is 1370. The van der Waals surface area contributed by atoms with Crippen LogP contribution in [-0.4, -0.2) is 25.4 Å². The molecule has 0 saturated carbocycles. The fourth-order valence-corrected chi connectivity index (χ4v) is 3.48. The molecule has 0 spiro atoms. The monoisotopic (exact) mass is 435 g/mol. The van der Waals surface area contributed by atoms with Crippen LogP contribution in [0.2, 0.25) is 0 Å². The van der Waals surface area contributed by atoms with Crippen LogP contribution in [0.3, 0.4) is 0 Å². The molecule has 0 aliphatic carbocycles. The molecule has 1 aromatic carbocycles. The van der Waals surface area contributed by atoms with Crippen molar-refractivity contribution in [2.24, 2.45) is 0 Å². The predicted octanol–water partition coefficient (Wildman–Crippen LogP) is 4.57. The van der Waals surface area contributed by atoms with Gasteiger partial charge in [-0.2, -0.15) is 0 Å². The van der Waals surface area contributed by atoms with Crippen molar-refractivity contribution >= 4 is 23.1 Å². The molecule has 0 saturated heterocycles. The van der Waals surface area contributed by atoms with Crippen molar-refractivity contribution in [3.05, 3.63) is 59.9 Å². The molecule has 0 unspecified atom stereocenters. The number of fused-ring (bicyclic) bond motifs is 1. The number of anilines is 2. The van der Waals surface area contributed by atoms with Gasteiger partial charge in [0.2, 0.25) is 5.91 Å². The van der Waals surface area contributed by atoms with Crippen molar-refractivity contribution < 1.29 is 13.4 Å². The number of nitrogen functional groups attached to an aromatic ring is 1. The lowest BCUT2D eigenvalue weighted by Gasteiger charge is -2.12. The highest BCUT2D eigenvalue weighted by molar-refractivity contribution is 5.91. The second kappa shape index (κ2) is 8.11. The standard InChI is InChI=1S/C24H28N6O2/c1-14(2)23-28-20(21-22(25)26-10-11-30(21)23)16-8-6-15(7-9-16)12-19(31)27-18-13-17(32-29-18)24(3,4)5/h6-11,13-14H,12H2,1-5H3,(H2,25,26)(H,27,29,31)/i3D3. The average molecular weight is 436 g/mol. The van der Waals surface area contributed by atoms with Crippen LogP contribution in [0.15, 0.2) is 47.2 Å². The lowest BCUT2D eigenvalue weighted by atomic mass is 9.93. The summed E-state index contributed by atoms with van der Waals surface area (Å²) in [6, 6.07) is 8.95. The van der Waals surface area contributed by atoms with Gasteiger partial charge in [0.15, 0.2) is 5.82 Å². The number of amides is 1. The van der Waals surface area contributed by atoms with Gasteiger partial charge in [-0.05, 0) is 5.56 Å². The van der Waals surface area contributed by atoms with Crippen LogP contribution in [-0.2, 0) is 16.6 Å². The van der Waals surface area contributed by atoms with Crippen molar-refractivity contribution in [1.29, 1.82) is 0 Å². The number of nitrogens with zero attached hydrogens (tertiary/aromatic N) is 4. The molecule has 166 valence electrons. The zero-order valence-corrected chi connectivity index (χ0v) is 18.5. The number of imidazole rings is 1. The third kappa shape index (κ3) is 4.21. The molecule has 4 rings (SSSR count). The van der Waals surface area contributed by atoms with E-state index in [9.17, 15) is 4.79 Å². The zero-order valence-electron chi connectivity index (χ0n) is 21.5. The number of carbonyl (C=O) groups is 1. The smallest absolute Gasteiger partial charge is 0.230 e. The predicted molar refractivity (Wildman–Crippen MR) is 124 cm³/mol. The van der Waals surface area contributed by atoms with Crippen molar-refractivity contribution in [2.75, 3.05) is 11.1 Å². The number of rotatable bonds is 5. The highest BCUT2D eigenvalue weighted by Crippen LogP contribution is 2.30. The number of carbonyl (C=O) groups excluding carboxylic acids is 1. The quantitative estimate of drug-likeness (QED) is 0.475. The number of nitrogens with two attached hydrogens (primary N) is 1. The summed E-state index contributed by atoms with van der Waals surface area (Å²) in [7, 11) is 0. The van der Waals surface area contributed by atoms with Gasteiger partial charge in [0.05, 0.1) is 6.42 Å². The van der Waals surface area contributed by atoms with E-state index in [0.717, 1.165) is 28.2 Å². The third-order valence-corrected chi connectivity index (χ3v) is 5.11. The maximum Gasteiger partial charge on any atom is 0.230 e. The first-order valence-electron chi connectivity index (χ1n) is 11.9. The van der Waals surface area contributed by atoms with E-state index < -0.39 is 12.3 Å². The molecule has 3 heterocycles. The maximum absolute atomic E-state index is 12.5. The fourth-order valence-electron chi connectivity index (χ4n) is 3.48. The lowest BCUT2D eigenvalue weighted by Crippen LogP contribution is -2.14. The second-order valence-electron chi connectivity index (χ2n) is 8.63. The molecule has 32 heavy (non-hydrogen) atoms. The summed E-state index contributed by atoms with van der Waals surface area (Å²) in [5.74, 6) is 1.54. The van der Waals surface area contributed by atoms with Gasteiger partial charge in [-0.1, -0.05) is 64.0 Å². The van der Waals surface area contributed by atoms with Crippen molar-refractivity contribution in [3.8, 4) is 11.3 Å². The first-order valence-corrected chi connectivity index (χ1v) is 10.4. The average Bonchev–Trinajstić information content (AvgIpc) is 3.39. The minimum atomic E-state index is -2.27. The molecule has 4 aromatic rings. The first kappa shape index (κ1) is 17.9. The summed E-state index contributed by atoms with van der Waals surface area (Å²) in [5, 5.41) is 6.46. The van der Waals surface area contributed by atoms with E-state index in [-0.39, 0.29) is 29.8 Å². The van der Waals surface area contributed by atoms with Gasteiger partial charge in [-0.25, -0.2) is 9.97 Å². The number of hydrogen-bond donors (Lipinski definition) is 2. The molecule has 0 bridgehead atoms. The number of benzene rings is 1. The molecule has 8 nitrogen and oxygen atoms in total. The molecule has 1 amide bonds. The van der Waals surface area contributed by atoms with Crippen LogP contribution in [0.5, 0.6) is 0 Å². The Morgan fingerprint density at radius 3 is 2.75 bits per heavy atom. The molecule has 3 aromatic heterocycles. The topological polar surface area (TPSA) is 111 Å². The Hall–Kier alpha value is -3.68. The van der Waals surface area contributed by atoms with E-state index in [2.05, 4.69) is 29.3 Å². The number of nitrogens with one attached hydrogen (secondary N) is 1. The molecule has 0 atom stereocenters. The van der Waals surface area contributed by atoms with Crippen LogP contribution in [0.25, 0.3) is 16.8 Å². The highest BCUT2D eigenvalue weighted by atomic mass is 16.5. The van der Waals surface area contributed by atoms with Crippen molar-refractivity contribution in [1.82, 2.24) is 19.5 Å². The van der Waals surface area contributed by atoms with Crippen LogP contribution < -0.4 is 11.1 Å². The lowest BCUT2D eigenvalue weighted by molar-refractivity contribution is -0.115. The van der Waals surface area contributed by atoms with Gasteiger partial charge >= 0.3 is 0 Å². The Morgan fingerprint density at radius 2 is 2.06 bits per heavy atom.